The summed E-state index contributed by atoms with van der Waals surface area (Å²) < 4.78 is 5.25. The summed E-state index contributed by atoms with van der Waals surface area (Å²) in [4.78, 5) is 15.3. The van der Waals surface area contributed by atoms with Crippen LogP contribution in [0.25, 0.3) is 10.7 Å². The van der Waals surface area contributed by atoms with Crippen LogP contribution in [-0.4, -0.2) is 66.2 Å². The highest BCUT2D eigenvalue weighted by molar-refractivity contribution is 7.13. The molecule has 0 saturated carbocycles. The van der Waals surface area contributed by atoms with Crippen molar-refractivity contribution in [3.63, 3.8) is 0 Å². The Morgan fingerprint density at radius 1 is 1.28 bits per heavy atom. The molecule has 136 valence electrons. The maximum atomic E-state index is 5.25. The molecule has 0 radical (unpaired) electrons. The van der Waals surface area contributed by atoms with Gasteiger partial charge in [-0.3, -0.25) is 4.90 Å². The summed E-state index contributed by atoms with van der Waals surface area (Å²) in [5.74, 6) is 0.823. The third-order valence-electron chi connectivity index (χ3n) is 4.83. The first-order valence-corrected chi connectivity index (χ1v) is 9.90. The first-order valence-electron chi connectivity index (χ1n) is 9.02. The van der Waals surface area contributed by atoms with Gasteiger partial charge in [0.05, 0.1) is 4.88 Å². The Labute approximate surface area is 154 Å². The van der Waals surface area contributed by atoms with E-state index in [2.05, 4.69) is 38.3 Å². The SMILES string of the molecule is COCCCN(Cc1cnc(-c2cccs2)nc1)C1CCN(C)CC1. The fraction of sp³-hybridized carbons (Fsp3) is 0.579. The van der Waals surface area contributed by atoms with Crippen molar-refractivity contribution in [2.24, 2.45) is 0 Å². The first-order chi connectivity index (χ1) is 12.3. The van der Waals surface area contributed by atoms with Crippen molar-refractivity contribution in [2.45, 2.75) is 31.8 Å². The smallest absolute Gasteiger partial charge is 0.169 e. The minimum atomic E-state index is 0.644. The Bertz CT molecular complexity index is 609. The molecular formula is C19H28N4OS. The van der Waals surface area contributed by atoms with Gasteiger partial charge in [-0.2, -0.15) is 0 Å². The van der Waals surface area contributed by atoms with Gasteiger partial charge in [0.2, 0.25) is 0 Å². The van der Waals surface area contributed by atoms with E-state index in [4.69, 9.17) is 4.74 Å². The summed E-state index contributed by atoms with van der Waals surface area (Å²) >= 11 is 1.68. The van der Waals surface area contributed by atoms with Crippen LogP contribution in [0.5, 0.6) is 0 Å². The lowest BCUT2D eigenvalue weighted by Gasteiger charge is -2.37. The van der Waals surface area contributed by atoms with Gasteiger partial charge in [0, 0.05) is 50.8 Å². The van der Waals surface area contributed by atoms with Crippen LogP contribution >= 0.6 is 11.3 Å². The molecule has 3 heterocycles. The third-order valence-corrected chi connectivity index (χ3v) is 5.70. The minimum Gasteiger partial charge on any atom is -0.385 e. The van der Waals surface area contributed by atoms with Gasteiger partial charge in [-0.15, -0.1) is 11.3 Å². The maximum absolute atomic E-state index is 5.25. The molecule has 0 bridgehead atoms. The van der Waals surface area contributed by atoms with Crippen molar-refractivity contribution in [1.29, 1.82) is 0 Å². The van der Waals surface area contributed by atoms with Gasteiger partial charge in [0.1, 0.15) is 0 Å². The number of rotatable bonds is 8. The summed E-state index contributed by atoms with van der Waals surface area (Å²) in [6.45, 7) is 5.16. The van der Waals surface area contributed by atoms with Crippen molar-refractivity contribution in [2.75, 3.05) is 40.4 Å². The van der Waals surface area contributed by atoms with Crippen LogP contribution in [0.4, 0.5) is 0 Å². The van der Waals surface area contributed by atoms with Crippen molar-refractivity contribution < 1.29 is 4.74 Å². The first kappa shape index (κ1) is 18.5. The highest BCUT2D eigenvalue weighted by Crippen LogP contribution is 2.22. The van der Waals surface area contributed by atoms with E-state index in [9.17, 15) is 0 Å². The molecule has 0 atom stereocenters. The second-order valence-corrected chi connectivity index (χ2v) is 7.69. The quantitative estimate of drug-likeness (QED) is 0.677. The highest BCUT2D eigenvalue weighted by atomic mass is 32.1. The number of piperidine rings is 1. The number of ether oxygens (including phenoxy) is 1. The lowest BCUT2D eigenvalue weighted by atomic mass is 10.0. The molecule has 6 heteroatoms. The number of hydrogen-bond acceptors (Lipinski definition) is 6. The van der Waals surface area contributed by atoms with Gasteiger partial charge >= 0.3 is 0 Å². The summed E-state index contributed by atoms with van der Waals surface area (Å²) in [5.41, 5.74) is 1.19. The van der Waals surface area contributed by atoms with Crippen LogP contribution in [0.15, 0.2) is 29.9 Å². The van der Waals surface area contributed by atoms with E-state index in [1.165, 1.54) is 31.5 Å². The second-order valence-electron chi connectivity index (χ2n) is 6.74. The molecule has 5 nitrogen and oxygen atoms in total. The summed E-state index contributed by atoms with van der Waals surface area (Å²) in [6, 6.07) is 4.74. The number of methoxy groups -OCH3 is 1. The molecule has 2 aromatic heterocycles. The number of aromatic nitrogens is 2. The summed E-state index contributed by atoms with van der Waals surface area (Å²) in [7, 11) is 3.99. The van der Waals surface area contributed by atoms with Crippen LogP contribution < -0.4 is 0 Å². The molecule has 0 aliphatic carbocycles. The molecule has 0 N–H and O–H groups in total. The number of hydrogen-bond donors (Lipinski definition) is 0. The minimum absolute atomic E-state index is 0.644. The molecule has 0 aromatic carbocycles. The molecular weight excluding hydrogens is 332 g/mol. The van der Waals surface area contributed by atoms with Crippen LogP contribution in [0.2, 0.25) is 0 Å². The normalized spacial score (nSPS) is 16.6. The van der Waals surface area contributed by atoms with Gasteiger partial charge in [0.15, 0.2) is 5.82 Å². The zero-order valence-electron chi connectivity index (χ0n) is 15.2. The molecule has 2 aromatic rings. The fourth-order valence-corrected chi connectivity index (χ4v) is 4.04. The fourth-order valence-electron chi connectivity index (χ4n) is 3.37. The Kier molecular flexibility index (Phi) is 6.93. The molecule has 1 aliphatic rings. The maximum Gasteiger partial charge on any atom is 0.169 e. The number of thiophene rings is 1. The zero-order chi connectivity index (χ0) is 17.5. The summed E-state index contributed by atoms with van der Waals surface area (Å²) in [5, 5.41) is 2.06. The number of nitrogens with zero attached hydrogens (tertiary/aromatic N) is 4. The highest BCUT2D eigenvalue weighted by Gasteiger charge is 2.23. The van der Waals surface area contributed by atoms with Crippen molar-refractivity contribution in [3.05, 3.63) is 35.5 Å². The molecule has 0 spiro atoms. The van der Waals surface area contributed by atoms with E-state index in [0.717, 1.165) is 36.8 Å². The standard InChI is InChI=1S/C19H28N4OS/c1-22-9-6-17(7-10-22)23(8-4-11-24-2)15-16-13-20-19(21-14-16)18-5-3-12-25-18/h3,5,12-14,17H,4,6-11,15H2,1-2H3. The van der Waals surface area contributed by atoms with E-state index >= 15 is 0 Å². The predicted octanol–water partition coefficient (Wildman–Crippen LogP) is 3.14. The molecule has 0 unspecified atom stereocenters. The van der Waals surface area contributed by atoms with E-state index in [0.29, 0.717) is 6.04 Å². The van der Waals surface area contributed by atoms with Gasteiger partial charge in [-0.1, -0.05) is 6.07 Å². The van der Waals surface area contributed by atoms with Gasteiger partial charge < -0.3 is 9.64 Å². The van der Waals surface area contributed by atoms with E-state index in [-0.39, 0.29) is 0 Å². The van der Waals surface area contributed by atoms with E-state index < -0.39 is 0 Å². The summed E-state index contributed by atoms with van der Waals surface area (Å²) in [6.07, 6.45) is 7.51. The van der Waals surface area contributed by atoms with Crippen LogP contribution in [-0.2, 0) is 11.3 Å². The van der Waals surface area contributed by atoms with Gasteiger partial charge in [-0.25, -0.2) is 9.97 Å². The van der Waals surface area contributed by atoms with E-state index in [1.54, 1.807) is 18.4 Å². The van der Waals surface area contributed by atoms with E-state index in [1.807, 2.05) is 18.5 Å². The Hall–Kier alpha value is -1.34. The van der Waals surface area contributed by atoms with Crippen LogP contribution in [0.3, 0.4) is 0 Å². The third kappa shape index (κ3) is 5.31. The predicted molar refractivity (Wildman–Crippen MR) is 103 cm³/mol. The Morgan fingerprint density at radius 3 is 2.68 bits per heavy atom. The molecule has 0 amide bonds. The van der Waals surface area contributed by atoms with Gasteiger partial charge in [-0.05, 0) is 50.8 Å². The second kappa shape index (κ2) is 9.38. The molecule has 1 aliphatic heterocycles. The van der Waals surface area contributed by atoms with Crippen molar-refractivity contribution in [1.82, 2.24) is 19.8 Å². The zero-order valence-corrected chi connectivity index (χ0v) is 16.0. The monoisotopic (exact) mass is 360 g/mol. The average Bonchev–Trinajstić information content (AvgIpc) is 3.17. The van der Waals surface area contributed by atoms with Gasteiger partial charge in [0.25, 0.3) is 0 Å². The van der Waals surface area contributed by atoms with Crippen LogP contribution in [0, 0.1) is 0 Å². The lowest BCUT2D eigenvalue weighted by molar-refractivity contribution is 0.0998. The average molecular weight is 361 g/mol. The van der Waals surface area contributed by atoms with Crippen molar-refractivity contribution in [3.8, 4) is 10.7 Å². The van der Waals surface area contributed by atoms with Crippen molar-refractivity contribution >= 4 is 11.3 Å². The molecule has 3 rings (SSSR count). The Morgan fingerprint density at radius 2 is 2.04 bits per heavy atom. The Balaban J connectivity index is 1.64. The molecule has 25 heavy (non-hydrogen) atoms. The van der Waals surface area contributed by atoms with Crippen LogP contribution in [0.1, 0.15) is 24.8 Å². The topological polar surface area (TPSA) is 41.5 Å². The number of likely N-dealkylation sites (tertiary alicyclic amines) is 1. The largest absolute Gasteiger partial charge is 0.385 e. The molecule has 1 fully saturated rings. The molecule has 1 saturated heterocycles. The lowest BCUT2D eigenvalue weighted by Crippen LogP contribution is -2.44.